The Morgan fingerprint density at radius 1 is 1.44 bits per heavy atom. The second kappa shape index (κ2) is 6.97. The number of carbonyl (C=O) groups excluding carboxylic acids is 1. The van der Waals surface area contributed by atoms with Gasteiger partial charge in [0, 0.05) is 0 Å². The van der Waals surface area contributed by atoms with E-state index in [1.807, 2.05) is 0 Å². The number of para-hydroxylation sites is 1. The van der Waals surface area contributed by atoms with Crippen LogP contribution in [-0.2, 0) is 4.65 Å². The van der Waals surface area contributed by atoms with Crippen LogP contribution in [0.25, 0.3) is 0 Å². The van der Waals surface area contributed by atoms with Gasteiger partial charge in [0.15, 0.2) is 0 Å². The molecule has 0 aliphatic rings. The molecule has 0 aliphatic heterocycles. The van der Waals surface area contributed by atoms with Crippen LogP contribution in [0.15, 0.2) is 24.3 Å². The molecule has 5 N–H and O–H groups in total. The number of nitrogens with two attached hydrogens (primary N) is 1. The standard InChI is InChI=1S/C10H14BNO6/c12-10(15)8-3-1-2-4-9(8)18-11(16)17-6-7(14)5-13/h1-4,7,13-14,16H,5-6H2,(H2,12,15). The van der Waals surface area contributed by atoms with Crippen LogP contribution in [0.4, 0.5) is 0 Å². The highest BCUT2D eigenvalue weighted by Crippen LogP contribution is 2.17. The average molecular weight is 255 g/mol. The summed E-state index contributed by atoms with van der Waals surface area (Å²) in [7, 11) is -1.67. The van der Waals surface area contributed by atoms with Crippen molar-refractivity contribution < 1.29 is 29.3 Å². The van der Waals surface area contributed by atoms with E-state index in [4.69, 9.17) is 25.3 Å². The minimum absolute atomic E-state index is 0.0657. The molecule has 0 bridgehead atoms. The molecule has 0 saturated carbocycles. The van der Waals surface area contributed by atoms with Crippen LogP contribution < -0.4 is 10.4 Å². The molecule has 1 rings (SSSR count). The summed E-state index contributed by atoms with van der Waals surface area (Å²) in [6, 6.07) is 6.06. The lowest BCUT2D eigenvalue weighted by molar-refractivity contribution is 0.0376. The van der Waals surface area contributed by atoms with Crippen LogP contribution in [0.1, 0.15) is 10.4 Å². The van der Waals surface area contributed by atoms with Gasteiger partial charge in [-0.25, -0.2) is 0 Å². The summed E-state index contributed by atoms with van der Waals surface area (Å²) in [6.07, 6.45) is -1.12. The smallest absolute Gasteiger partial charge is 0.511 e. The lowest BCUT2D eigenvalue weighted by Crippen LogP contribution is -2.32. The minimum atomic E-state index is -1.67. The van der Waals surface area contributed by atoms with Crippen LogP contribution >= 0.6 is 0 Å². The molecular weight excluding hydrogens is 241 g/mol. The van der Waals surface area contributed by atoms with Crippen LogP contribution in [0, 0.1) is 0 Å². The monoisotopic (exact) mass is 255 g/mol. The number of benzene rings is 1. The molecule has 18 heavy (non-hydrogen) atoms. The molecule has 1 unspecified atom stereocenters. The molecule has 0 heterocycles. The zero-order valence-electron chi connectivity index (χ0n) is 9.52. The van der Waals surface area contributed by atoms with Gasteiger partial charge < -0.3 is 30.3 Å². The molecule has 1 aromatic rings. The van der Waals surface area contributed by atoms with Gasteiger partial charge in [0.05, 0.1) is 24.9 Å². The molecule has 98 valence electrons. The van der Waals surface area contributed by atoms with E-state index in [-0.39, 0.29) is 17.9 Å². The van der Waals surface area contributed by atoms with Crippen molar-refractivity contribution in [1.82, 2.24) is 0 Å². The van der Waals surface area contributed by atoms with E-state index in [0.29, 0.717) is 0 Å². The Kier molecular flexibility index (Phi) is 5.60. The quantitative estimate of drug-likeness (QED) is 0.440. The van der Waals surface area contributed by atoms with E-state index >= 15 is 0 Å². The zero-order valence-corrected chi connectivity index (χ0v) is 9.52. The average Bonchev–Trinajstić information content (AvgIpc) is 2.36. The number of aliphatic hydroxyl groups excluding tert-OH is 2. The van der Waals surface area contributed by atoms with E-state index in [2.05, 4.69) is 0 Å². The first-order valence-corrected chi connectivity index (χ1v) is 5.18. The lowest BCUT2D eigenvalue weighted by Gasteiger charge is -2.13. The van der Waals surface area contributed by atoms with Crippen molar-refractivity contribution in [3.63, 3.8) is 0 Å². The van der Waals surface area contributed by atoms with Crippen molar-refractivity contribution in [2.45, 2.75) is 6.10 Å². The van der Waals surface area contributed by atoms with Crippen molar-refractivity contribution in [3.8, 4) is 5.75 Å². The van der Waals surface area contributed by atoms with Crippen LogP contribution in [0.5, 0.6) is 5.75 Å². The number of primary amides is 1. The molecule has 0 radical (unpaired) electrons. The number of carbonyl (C=O) groups is 1. The largest absolute Gasteiger partial charge is 0.710 e. The Bertz CT molecular complexity index is 402. The lowest BCUT2D eigenvalue weighted by atomic mass is 10.1. The third-order valence-electron chi connectivity index (χ3n) is 2.02. The Morgan fingerprint density at radius 3 is 2.72 bits per heavy atom. The maximum absolute atomic E-state index is 11.1. The highest BCUT2D eigenvalue weighted by atomic mass is 16.7. The van der Waals surface area contributed by atoms with E-state index in [9.17, 15) is 9.82 Å². The Labute approximate surface area is 104 Å². The first kappa shape index (κ1) is 14.5. The summed E-state index contributed by atoms with van der Waals surface area (Å²) in [5, 5.41) is 26.9. The fraction of sp³-hybridized carbons (Fsp3) is 0.300. The predicted molar refractivity (Wildman–Crippen MR) is 62.6 cm³/mol. The summed E-state index contributed by atoms with van der Waals surface area (Å²) in [5.41, 5.74) is 5.22. The highest BCUT2D eigenvalue weighted by molar-refractivity contribution is 6.35. The first-order chi connectivity index (χ1) is 8.54. The summed E-state index contributed by atoms with van der Waals surface area (Å²) >= 11 is 0. The fourth-order valence-corrected chi connectivity index (χ4v) is 1.16. The van der Waals surface area contributed by atoms with Crippen LogP contribution in [-0.4, -0.2) is 47.8 Å². The topological polar surface area (TPSA) is 122 Å². The summed E-state index contributed by atoms with van der Waals surface area (Å²) in [4.78, 5) is 11.1. The van der Waals surface area contributed by atoms with Gasteiger partial charge >= 0.3 is 7.32 Å². The maximum Gasteiger partial charge on any atom is 0.710 e. The SMILES string of the molecule is NC(=O)c1ccccc1OB(O)OCC(O)CO. The van der Waals surface area contributed by atoms with Crippen LogP contribution in [0.2, 0.25) is 0 Å². The van der Waals surface area contributed by atoms with E-state index in [1.54, 1.807) is 12.1 Å². The van der Waals surface area contributed by atoms with Gasteiger partial charge in [0.2, 0.25) is 0 Å². The predicted octanol–water partition coefficient (Wildman–Crippen LogP) is -1.49. The van der Waals surface area contributed by atoms with Crippen molar-refractivity contribution in [2.24, 2.45) is 5.73 Å². The molecular formula is C10H14BNO6. The summed E-state index contributed by atoms with van der Waals surface area (Å²) in [5.74, 6) is -0.635. The second-order valence-electron chi connectivity index (χ2n) is 3.46. The molecule has 1 amide bonds. The van der Waals surface area contributed by atoms with Gasteiger partial charge in [-0.3, -0.25) is 4.79 Å². The van der Waals surface area contributed by atoms with E-state index < -0.39 is 25.9 Å². The molecule has 0 fully saturated rings. The molecule has 0 aliphatic carbocycles. The maximum atomic E-state index is 11.1. The highest BCUT2D eigenvalue weighted by Gasteiger charge is 2.22. The minimum Gasteiger partial charge on any atom is -0.511 e. The van der Waals surface area contributed by atoms with E-state index in [0.717, 1.165) is 0 Å². The van der Waals surface area contributed by atoms with Crippen molar-refractivity contribution in [2.75, 3.05) is 13.2 Å². The van der Waals surface area contributed by atoms with Gasteiger partial charge in [-0.05, 0) is 12.1 Å². The molecule has 0 aromatic heterocycles. The molecule has 7 nitrogen and oxygen atoms in total. The normalized spacial score (nSPS) is 11.9. The van der Waals surface area contributed by atoms with Crippen LogP contribution in [0.3, 0.4) is 0 Å². The number of rotatable bonds is 7. The van der Waals surface area contributed by atoms with Gasteiger partial charge in [0.1, 0.15) is 5.75 Å². The van der Waals surface area contributed by atoms with Gasteiger partial charge in [-0.15, -0.1) is 0 Å². The fourth-order valence-electron chi connectivity index (χ4n) is 1.16. The number of aliphatic hydroxyl groups is 2. The number of amides is 1. The van der Waals surface area contributed by atoms with E-state index in [1.165, 1.54) is 12.1 Å². The third kappa shape index (κ3) is 4.34. The molecule has 0 spiro atoms. The Hall–Kier alpha value is -1.61. The van der Waals surface area contributed by atoms with Gasteiger partial charge in [-0.1, -0.05) is 12.1 Å². The molecule has 1 atom stereocenters. The first-order valence-electron chi connectivity index (χ1n) is 5.18. The Morgan fingerprint density at radius 2 is 2.11 bits per heavy atom. The van der Waals surface area contributed by atoms with Crippen molar-refractivity contribution in [3.05, 3.63) is 29.8 Å². The summed E-state index contributed by atoms with van der Waals surface area (Å²) < 4.78 is 9.65. The molecule has 1 aromatic carbocycles. The summed E-state index contributed by atoms with van der Waals surface area (Å²) in [6.45, 7) is -0.805. The molecule has 8 heteroatoms. The second-order valence-corrected chi connectivity index (χ2v) is 3.46. The van der Waals surface area contributed by atoms with Gasteiger partial charge in [-0.2, -0.15) is 0 Å². The Balaban J connectivity index is 2.59. The van der Waals surface area contributed by atoms with Gasteiger partial charge in [0.25, 0.3) is 5.91 Å². The van der Waals surface area contributed by atoms with Crippen molar-refractivity contribution in [1.29, 1.82) is 0 Å². The zero-order chi connectivity index (χ0) is 13.5. The third-order valence-corrected chi connectivity index (χ3v) is 2.02. The number of hydrogen-bond acceptors (Lipinski definition) is 6. The van der Waals surface area contributed by atoms with Crippen molar-refractivity contribution >= 4 is 13.2 Å². The number of hydrogen-bond donors (Lipinski definition) is 4. The molecule has 0 saturated heterocycles.